The maximum atomic E-state index is 12.1. The topological polar surface area (TPSA) is 41.5 Å². The molecule has 5 heteroatoms. The lowest BCUT2D eigenvalue weighted by molar-refractivity contribution is 0.0959. The third-order valence-corrected chi connectivity index (χ3v) is 4.84. The molecule has 0 unspecified atom stereocenters. The fourth-order valence-electron chi connectivity index (χ4n) is 2.08. The molecular formula is C17H13ClN2OS. The number of carbonyl (C=O) groups excluding carboxylic acids is 1. The molecular weight excluding hydrogens is 316 g/mol. The van der Waals surface area contributed by atoms with Gasteiger partial charge in [-0.1, -0.05) is 60.1 Å². The summed E-state index contributed by atoms with van der Waals surface area (Å²) in [5, 5.41) is 5.36. The summed E-state index contributed by atoms with van der Waals surface area (Å²) < 4.78 is 0.992. The normalized spacial score (nSPS) is 11.1. The van der Waals surface area contributed by atoms with Gasteiger partial charge < -0.3 is 0 Å². The van der Waals surface area contributed by atoms with Crippen LogP contribution < -0.4 is 5.43 Å². The molecule has 22 heavy (non-hydrogen) atoms. The molecule has 1 aromatic heterocycles. The number of benzene rings is 2. The van der Waals surface area contributed by atoms with Gasteiger partial charge in [0.1, 0.15) is 4.88 Å². The van der Waals surface area contributed by atoms with E-state index in [1.165, 1.54) is 11.3 Å². The fraction of sp³-hybridized carbons (Fsp3) is 0.0588. The molecule has 0 radical (unpaired) electrons. The van der Waals surface area contributed by atoms with Gasteiger partial charge in [0.05, 0.1) is 5.02 Å². The van der Waals surface area contributed by atoms with E-state index in [2.05, 4.69) is 10.5 Å². The first kappa shape index (κ1) is 14.8. The quantitative estimate of drug-likeness (QED) is 0.555. The summed E-state index contributed by atoms with van der Waals surface area (Å²) in [5.41, 5.74) is 3.67. The predicted octanol–water partition coefficient (Wildman–Crippen LogP) is 4.51. The molecule has 0 fully saturated rings. The number of hydrogen-bond donors (Lipinski definition) is 1. The van der Waals surface area contributed by atoms with Gasteiger partial charge in [-0.3, -0.25) is 4.79 Å². The lowest BCUT2D eigenvalue weighted by Gasteiger charge is -1.97. The van der Waals surface area contributed by atoms with Crippen molar-refractivity contribution in [3.05, 3.63) is 70.1 Å². The summed E-state index contributed by atoms with van der Waals surface area (Å²) in [6, 6.07) is 17.6. The molecule has 3 nitrogen and oxygen atoms in total. The van der Waals surface area contributed by atoms with Crippen molar-refractivity contribution < 1.29 is 4.79 Å². The molecule has 110 valence electrons. The molecule has 0 bridgehead atoms. The highest BCUT2D eigenvalue weighted by atomic mass is 35.5. The molecule has 0 atom stereocenters. The molecule has 0 saturated heterocycles. The highest BCUT2D eigenvalue weighted by Gasteiger charge is 2.16. The van der Waals surface area contributed by atoms with Gasteiger partial charge in [-0.15, -0.1) is 11.3 Å². The van der Waals surface area contributed by atoms with Gasteiger partial charge in [-0.2, -0.15) is 5.10 Å². The van der Waals surface area contributed by atoms with Crippen LogP contribution in [-0.4, -0.2) is 12.1 Å². The second-order valence-corrected chi connectivity index (χ2v) is 6.11. The largest absolute Gasteiger partial charge is 0.282 e. The Morgan fingerprint density at radius 1 is 1.14 bits per heavy atom. The number of halogens is 1. The standard InChI is InChI=1S/C17H13ClN2OS/c18-15-13-8-4-5-9-14(13)22-16(15)17(21)20-19-11-10-12-6-2-1-3-7-12/h1-9,11H,10H2,(H,20,21)/b19-11+. The molecule has 3 rings (SSSR count). The summed E-state index contributed by atoms with van der Waals surface area (Å²) in [7, 11) is 0. The van der Waals surface area contributed by atoms with Crippen LogP contribution in [0.5, 0.6) is 0 Å². The van der Waals surface area contributed by atoms with Crippen LogP contribution in [0.25, 0.3) is 10.1 Å². The molecule has 1 N–H and O–H groups in total. The Kier molecular flexibility index (Phi) is 4.51. The monoisotopic (exact) mass is 328 g/mol. The Balaban J connectivity index is 1.67. The van der Waals surface area contributed by atoms with Crippen LogP contribution in [0.15, 0.2) is 59.7 Å². The Morgan fingerprint density at radius 3 is 2.64 bits per heavy atom. The molecule has 2 aromatic carbocycles. The molecule has 0 saturated carbocycles. The van der Waals surface area contributed by atoms with Crippen molar-refractivity contribution >= 4 is 45.1 Å². The first-order valence-electron chi connectivity index (χ1n) is 6.78. The highest BCUT2D eigenvalue weighted by molar-refractivity contribution is 7.21. The van der Waals surface area contributed by atoms with Crippen LogP contribution in [0.3, 0.4) is 0 Å². The molecule has 0 aliphatic carbocycles. The fourth-order valence-corrected chi connectivity index (χ4v) is 3.49. The Hall–Kier alpha value is -2.17. The maximum Gasteiger partial charge on any atom is 0.282 e. The van der Waals surface area contributed by atoms with Gasteiger partial charge in [-0.25, -0.2) is 5.43 Å². The van der Waals surface area contributed by atoms with Gasteiger partial charge in [0, 0.05) is 22.7 Å². The van der Waals surface area contributed by atoms with Gasteiger partial charge in [0.2, 0.25) is 0 Å². The van der Waals surface area contributed by atoms with Crippen molar-refractivity contribution in [3.8, 4) is 0 Å². The van der Waals surface area contributed by atoms with Crippen molar-refractivity contribution in [1.29, 1.82) is 0 Å². The number of hydrogen-bond acceptors (Lipinski definition) is 3. The zero-order valence-electron chi connectivity index (χ0n) is 11.6. The van der Waals surface area contributed by atoms with Crippen molar-refractivity contribution in [2.75, 3.05) is 0 Å². The van der Waals surface area contributed by atoms with Gasteiger partial charge >= 0.3 is 0 Å². The van der Waals surface area contributed by atoms with E-state index in [1.54, 1.807) is 6.21 Å². The SMILES string of the molecule is O=C(N/N=C/Cc1ccccc1)c1sc2ccccc2c1Cl. The van der Waals surface area contributed by atoms with E-state index in [0.717, 1.165) is 15.6 Å². The number of hydrazone groups is 1. The van der Waals surface area contributed by atoms with E-state index in [9.17, 15) is 4.79 Å². The second-order valence-electron chi connectivity index (χ2n) is 4.68. The molecule has 1 amide bonds. The van der Waals surface area contributed by atoms with Crippen LogP contribution in [0.2, 0.25) is 5.02 Å². The van der Waals surface area contributed by atoms with E-state index in [4.69, 9.17) is 11.6 Å². The number of amides is 1. The number of carbonyl (C=O) groups is 1. The first-order valence-corrected chi connectivity index (χ1v) is 7.98. The molecule has 3 aromatic rings. The van der Waals surface area contributed by atoms with Crippen molar-refractivity contribution in [1.82, 2.24) is 5.43 Å². The molecule has 1 heterocycles. The summed E-state index contributed by atoms with van der Waals surface area (Å²) >= 11 is 7.63. The lowest BCUT2D eigenvalue weighted by atomic mass is 10.2. The lowest BCUT2D eigenvalue weighted by Crippen LogP contribution is -2.16. The molecule has 0 aliphatic heterocycles. The Bertz CT molecular complexity index is 827. The minimum Gasteiger partial charge on any atom is -0.266 e. The van der Waals surface area contributed by atoms with E-state index >= 15 is 0 Å². The van der Waals surface area contributed by atoms with Crippen molar-refractivity contribution in [2.24, 2.45) is 5.10 Å². The van der Waals surface area contributed by atoms with Gasteiger partial charge in [0.15, 0.2) is 0 Å². The van der Waals surface area contributed by atoms with E-state index < -0.39 is 0 Å². The van der Waals surface area contributed by atoms with Gasteiger partial charge in [0.25, 0.3) is 5.91 Å². The van der Waals surface area contributed by atoms with E-state index in [1.807, 2.05) is 54.6 Å². The zero-order chi connectivity index (χ0) is 15.4. The third-order valence-electron chi connectivity index (χ3n) is 3.17. The van der Waals surface area contributed by atoms with Crippen LogP contribution in [-0.2, 0) is 6.42 Å². The smallest absolute Gasteiger partial charge is 0.266 e. The molecule has 0 aliphatic rings. The summed E-state index contributed by atoms with van der Waals surface area (Å²) in [6.45, 7) is 0. The average molecular weight is 329 g/mol. The summed E-state index contributed by atoms with van der Waals surface area (Å²) in [4.78, 5) is 12.6. The van der Waals surface area contributed by atoms with E-state index in [0.29, 0.717) is 16.3 Å². The Morgan fingerprint density at radius 2 is 1.86 bits per heavy atom. The minimum absolute atomic E-state index is 0.282. The van der Waals surface area contributed by atoms with Crippen LogP contribution in [0.4, 0.5) is 0 Å². The first-order chi connectivity index (χ1) is 10.8. The van der Waals surface area contributed by atoms with Crippen molar-refractivity contribution in [2.45, 2.75) is 6.42 Å². The average Bonchev–Trinajstić information content (AvgIpc) is 2.90. The maximum absolute atomic E-state index is 12.1. The Labute approximate surface area is 137 Å². The number of rotatable bonds is 4. The number of thiophene rings is 1. The number of fused-ring (bicyclic) bond motifs is 1. The number of nitrogens with zero attached hydrogens (tertiary/aromatic N) is 1. The van der Waals surface area contributed by atoms with Gasteiger partial charge in [-0.05, 0) is 11.6 Å². The summed E-state index contributed by atoms with van der Waals surface area (Å²) in [5.74, 6) is -0.282. The van der Waals surface area contributed by atoms with Crippen LogP contribution in [0, 0.1) is 0 Å². The molecule has 0 spiro atoms. The van der Waals surface area contributed by atoms with Crippen molar-refractivity contribution in [3.63, 3.8) is 0 Å². The van der Waals surface area contributed by atoms with Crippen LogP contribution >= 0.6 is 22.9 Å². The second kappa shape index (κ2) is 6.73. The predicted molar refractivity (Wildman–Crippen MR) is 92.9 cm³/mol. The summed E-state index contributed by atoms with van der Waals surface area (Å²) in [6.07, 6.45) is 2.34. The van der Waals surface area contributed by atoms with E-state index in [-0.39, 0.29) is 5.91 Å². The minimum atomic E-state index is -0.282. The van der Waals surface area contributed by atoms with Crippen LogP contribution in [0.1, 0.15) is 15.2 Å². The highest BCUT2D eigenvalue weighted by Crippen LogP contribution is 2.34. The number of nitrogens with one attached hydrogen (secondary N) is 1. The zero-order valence-corrected chi connectivity index (χ0v) is 13.2. The third kappa shape index (κ3) is 3.18.